The van der Waals surface area contributed by atoms with Gasteiger partial charge >= 0.3 is 5.97 Å². The first kappa shape index (κ1) is 32.2. The maximum atomic E-state index is 14.0. The van der Waals surface area contributed by atoms with Crippen molar-refractivity contribution < 1.29 is 31.5 Å². The van der Waals surface area contributed by atoms with Crippen LogP contribution in [0.4, 0.5) is 0 Å². The van der Waals surface area contributed by atoms with Crippen molar-refractivity contribution in [2.75, 3.05) is 12.3 Å². The van der Waals surface area contributed by atoms with Gasteiger partial charge in [-0.05, 0) is 79.3 Å². The third-order valence-electron chi connectivity index (χ3n) is 6.57. The molecule has 2 aromatic carbocycles. The van der Waals surface area contributed by atoms with Crippen LogP contribution in [-0.4, -0.2) is 55.4 Å². The molecule has 0 aliphatic carbocycles. The Morgan fingerprint density at radius 2 is 1.76 bits per heavy atom. The first-order valence-corrected chi connectivity index (χ1v) is 16.2. The number of aryl methyl sites for hydroxylation is 1. The zero-order valence-electron chi connectivity index (χ0n) is 22.9. The molecule has 0 saturated carbocycles. The molecular formula is C28H32ClN3O7S2. The van der Waals surface area contributed by atoms with Crippen LogP contribution in [0.25, 0.3) is 11.1 Å². The molecule has 1 unspecified atom stereocenters. The van der Waals surface area contributed by atoms with Crippen LogP contribution in [0.2, 0.25) is 5.02 Å². The maximum Gasteiger partial charge on any atom is 0.304 e. The van der Waals surface area contributed by atoms with E-state index in [2.05, 4.69) is 4.98 Å². The number of benzene rings is 2. The van der Waals surface area contributed by atoms with Crippen molar-refractivity contribution in [1.82, 2.24) is 14.0 Å². The fraction of sp³-hybridized carbons (Fsp3) is 0.321. The minimum absolute atomic E-state index is 0.00657. The standard InChI is InChI=1S/C28H32ClN3O7S2/c1-19-18-30-14-12-24(19)23-8-4-7-22(17-23)21(3)32(41(38,39)26-10-5-9-25(29)20(26)2)15-6-11-27(33)31-40(36,37)16-13-28(34)35/h4-5,7-10,12,14,17-18,21H,6,11,13,15-16H2,1-3H3,(H,31,33)(H,34,35). The Hall–Kier alpha value is -3.32. The summed E-state index contributed by atoms with van der Waals surface area (Å²) >= 11 is 6.24. The van der Waals surface area contributed by atoms with E-state index in [-0.39, 0.29) is 24.3 Å². The molecule has 0 aliphatic heterocycles. The number of carboxylic acid groups (broad SMARTS) is 1. The van der Waals surface area contributed by atoms with E-state index in [9.17, 15) is 26.4 Å². The van der Waals surface area contributed by atoms with Gasteiger partial charge in [-0.15, -0.1) is 0 Å². The number of carboxylic acids is 1. The van der Waals surface area contributed by atoms with Gasteiger partial charge in [0.2, 0.25) is 26.0 Å². The van der Waals surface area contributed by atoms with Crippen molar-refractivity contribution in [3.8, 4) is 11.1 Å². The Morgan fingerprint density at radius 1 is 1.05 bits per heavy atom. The van der Waals surface area contributed by atoms with E-state index in [4.69, 9.17) is 16.7 Å². The number of hydrogen-bond donors (Lipinski definition) is 2. The Labute approximate surface area is 245 Å². The highest BCUT2D eigenvalue weighted by atomic mass is 35.5. The fourth-order valence-corrected chi connectivity index (χ4v) is 7.47. The van der Waals surface area contributed by atoms with E-state index < -0.39 is 50.1 Å². The Morgan fingerprint density at radius 3 is 2.44 bits per heavy atom. The number of rotatable bonds is 13. The van der Waals surface area contributed by atoms with Gasteiger partial charge in [-0.3, -0.25) is 19.3 Å². The zero-order valence-corrected chi connectivity index (χ0v) is 25.3. The Balaban J connectivity index is 1.90. The second-order valence-electron chi connectivity index (χ2n) is 9.56. The molecule has 13 heteroatoms. The molecule has 0 radical (unpaired) electrons. The monoisotopic (exact) mass is 621 g/mol. The summed E-state index contributed by atoms with van der Waals surface area (Å²) in [4.78, 5) is 27.2. The lowest BCUT2D eigenvalue weighted by atomic mass is 9.98. The molecule has 41 heavy (non-hydrogen) atoms. The van der Waals surface area contributed by atoms with Crippen molar-refractivity contribution in [1.29, 1.82) is 0 Å². The van der Waals surface area contributed by atoms with Gasteiger partial charge in [0.1, 0.15) is 0 Å². The van der Waals surface area contributed by atoms with Gasteiger partial charge in [-0.25, -0.2) is 16.8 Å². The summed E-state index contributed by atoms with van der Waals surface area (Å²) in [6, 6.07) is 13.3. The van der Waals surface area contributed by atoms with Crippen LogP contribution in [0.3, 0.4) is 0 Å². The lowest BCUT2D eigenvalue weighted by Gasteiger charge is -2.30. The molecule has 1 atom stereocenters. The summed E-state index contributed by atoms with van der Waals surface area (Å²) in [6.45, 7) is 5.19. The number of sulfonamides is 2. The number of pyridine rings is 1. The Bertz CT molecular complexity index is 1640. The average molecular weight is 622 g/mol. The van der Waals surface area contributed by atoms with Crippen LogP contribution >= 0.6 is 11.6 Å². The molecular weight excluding hydrogens is 590 g/mol. The molecule has 1 heterocycles. The van der Waals surface area contributed by atoms with Crippen molar-refractivity contribution in [2.45, 2.75) is 51.0 Å². The third-order valence-corrected chi connectivity index (χ3v) is 10.4. The number of carbonyl (C=O) groups is 2. The zero-order chi connectivity index (χ0) is 30.4. The van der Waals surface area contributed by atoms with Gasteiger partial charge < -0.3 is 5.11 Å². The quantitative estimate of drug-likeness (QED) is 0.284. The number of carbonyl (C=O) groups excluding carboxylic acids is 1. The van der Waals surface area contributed by atoms with Crippen LogP contribution in [0.5, 0.6) is 0 Å². The van der Waals surface area contributed by atoms with Crippen molar-refractivity contribution in [3.63, 3.8) is 0 Å². The van der Waals surface area contributed by atoms with E-state index in [0.29, 0.717) is 16.1 Å². The number of nitrogens with one attached hydrogen (secondary N) is 1. The highest BCUT2D eigenvalue weighted by molar-refractivity contribution is 7.90. The molecule has 10 nitrogen and oxygen atoms in total. The summed E-state index contributed by atoms with van der Waals surface area (Å²) in [5, 5.41) is 9.00. The number of nitrogens with zero attached hydrogens (tertiary/aromatic N) is 2. The van der Waals surface area contributed by atoms with Gasteiger partial charge in [-0.1, -0.05) is 35.9 Å². The van der Waals surface area contributed by atoms with E-state index in [1.54, 1.807) is 38.4 Å². The summed E-state index contributed by atoms with van der Waals surface area (Å²) < 4.78 is 55.1. The minimum Gasteiger partial charge on any atom is -0.481 e. The second kappa shape index (κ2) is 13.6. The predicted molar refractivity (Wildman–Crippen MR) is 156 cm³/mol. The molecule has 0 saturated heterocycles. The van der Waals surface area contributed by atoms with Gasteiger partial charge in [0.05, 0.1) is 17.1 Å². The molecule has 0 fully saturated rings. The summed E-state index contributed by atoms with van der Waals surface area (Å²) in [7, 11) is -8.25. The topological polar surface area (TPSA) is 151 Å². The molecule has 2 N–H and O–H groups in total. The highest BCUT2D eigenvalue weighted by Gasteiger charge is 2.32. The van der Waals surface area contributed by atoms with E-state index in [1.807, 2.05) is 42.0 Å². The summed E-state index contributed by atoms with van der Waals surface area (Å²) in [5.41, 5.74) is 3.89. The Kier molecular flexibility index (Phi) is 10.6. The lowest BCUT2D eigenvalue weighted by Crippen LogP contribution is -2.36. The first-order chi connectivity index (χ1) is 19.2. The number of aliphatic carboxylic acids is 1. The van der Waals surface area contributed by atoms with E-state index >= 15 is 0 Å². The molecule has 0 spiro atoms. The van der Waals surface area contributed by atoms with Crippen molar-refractivity contribution >= 4 is 43.5 Å². The highest BCUT2D eigenvalue weighted by Crippen LogP contribution is 2.33. The van der Waals surface area contributed by atoms with Crippen LogP contribution in [-0.2, 0) is 29.6 Å². The van der Waals surface area contributed by atoms with Gasteiger partial charge in [0.25, 0.3) is 0 Å². The molecule has 0 aliphatic rings. The van der Waals surface area contributed by atoms with Crippen LogP contribution < -0.4 is 4.72 Å². The molecule has 1 aromatic heterocycles. The number of amides is 1. The van der Waals surface area contributed by atoms with Gasteiger partial charge in [-0.2, -0.15) is 4.31 Å². The maximum absolute atomic E-state index is 14.0. The van der Waals surface area contributed by atoms with Gasteiger partial charge in [0.15, 0.2) is 0 Å². The smallest absolute Gasteiger partial charge is 0.304 e. The molecule has 3 rings (SSSR count). The molecule has 3 aromatic rings. The molecule has 0 bridgehead atoms. The summed E-state index contributed by atoms with van der Waals surface area (Å²) in [5.74, 6) is -2.90. The fourth-order valence-electron chi connectivity index (χ4n) is 4.34. The average Bonchev–Trinajstić information content (AvgIpc) is 2.91. The number of halogens is 1. The third kappa shape index (κ3) is 8.35. The normalized spacial score (nSPS) is 12.7. The number of hydrogen-bond acceptors (Lipinski definition) is 7. The largest absolute Gasteiger partial charge is 0.481 e. The summed E-state index contributed by atoms with van der Waals surface area (Å²) in [6.07, 6.45) is 2.49. The van der Waals surface area contributed by atoms with Crippen LogP contribution in [0, 0.1) is 13.8 Å². The van der Waals surface area contributed by atoms with Crippen LogP contribution in [0.1, 0.15) is 48.9 Å². The van der Waals surface area contributed by atoms with E-state index in [1.165, 1.54) is 10.4 Å². The first-order valence-electron chi connectivity index (χ1n) is 12.8. The van der Waals surface area contributed by atoms with Gasteiger partial charge in [0, 0.05) is 36.4 Å². The van der Waals surface area contributed by atoms with Crippen LogP contribution in [0.15, 0.2) is 65.8 Å². The minimum atomic E-state index is -4.13. The lowest BCUT2D eigenvalue weighted by molar-refractivity contribution is -0.136. The molecule has 220 valence electrons. The predicted octanol–water partition coefficient (Wildman–Crippen LogP) is 4.47. The van der Waals surface area contributed by atoms with E-state index in [0.717, 1.165) is 16.7 Å². The van der Waals surface area contributed by atoms with Crippen molar-refractivity contribution in [2.24, 2.45) is 0 Å². The SMILES string of the molecule is Cc1cnccc1-c1cccc(C(C)N(CCCC(=O)NS(=O)(=O)CCC(=O)O)S(=O)(=O)c2cccc(Cl)c2C)c1. The molecule has 1 amide bonds. The second-order valence-corrected chi connectivity index (χ2v) is 13.7. The number of aromatic nitrogens is 1. The van der Waals surface area contributed by atoms with Crippen molar-refractivity contribution in [3.05, 3.63) is 82.6 Å².